The van der Waals surface area contributed by atoms with Crippen LogP contribution in [0.4, 0.5) is 5.69 Å². The van der Waals surface area contributed by atoms with Gasteiger partial charge in [0.1, 0.15) is 5.78 Å². The van der Waals surface area contributed by atoms with Crippen LogP contribution in [-0.4, -0.2) is 26.5 Å². The predicted molar refractivity (Wildman–Crippen MR) is 109 cm³/mol. The van der Waals surface area contributed by atoms with Crippen molar-refractivity contribution < 1.29 is 13.2 Å². The molecule has 0 aliphatic heterocycles. The second-order valence-corrected chi connectivity index (χ2v) is 10.5. The van der Waals surface area contributed by atoms with Crippen molar-refractivity contribution in [2.75, 3.05) is 16.6 Å². The summed E-state index contributed by atoms with van der Waals surface area (Å²) in [6.07, 6.45) is 2.17. The predicted octanol–water partition coefficient (Wildman–Crippen LogP) is 4.39. The molecular weight excluding hydrogens is 358 g/mol. The second-order valence-electron chi connectivity index (χ2n) is 8.59. The normalized spacial score (nSPS) is 26.6. The largest absolute Gasteiger partial charge is 0.299 e. The summed E-state index contributed by atoms with van der Waals surface area (Å²) in [7, 11) is -3.64. The molecule has 2 fully saturated rings. The highest BCUT2D eigenvalue weighted by molar-refractivity contribution is 7.92. The van der Waals surface area contributed by atoms with Crippen LogP contribution >= 0.6 is 0 Å². The Morgan fingerprint density at radius 2 is 1.81 bits per heavy atom. The SMILES string of the molecule is CCN(c1cccc2ccccc12)S(=O)(=O)C[C@]12CC[C@@H](CC1=O)C2(C)C. The Labute approximate surface area is 161 Å². The summed E-state index contributed by atoms with van der Waals surface area (Å²) in [5.74, 6) is 0.369. The van der Waals surface area contributed by atoms with E-state index in [0.717, 1.165) is 17.2 Å². The van der Waals surface area contributed by atoms with Gasteiger partial charge in [0.05, 0.1) is 16.9 Å². The molecule has 2 aromatic carbocycles. The number of hydrogen-bond acceptors (Lipinski definition) is 3. The maximum Gasteiger partial charge on any atom is 0.236 e. The maximum atomic E-state index is 13.6. The minimum Gasteiger partial charge on any atom is -0.299 e. The molecule has 0 spiro atoms. The lowest BCUT2D eigenvalue weighted by Gasteiger charge is -2.38. The van der Waals surface area contributed by atoms with E-state index in [1.54, 1.807) is 0 Å². The lowest BCUT2D eigenvalue weighted by molar-refractivity contribution is -0.128. The van der Waals surface area contributed by atoms with Gasteiger partial charge < -0.3 is 0 Å². The molecule has 0 saturated heterocycles. The fourth-order valence-corrected chi connectivity index (χ4v) is 7.75. The molecule has 27 heavy (non-hydrogen) atoms. The van der Waals surface area contributed by atoms with Gasteiger partial charge in [-0.1, -0.05) is 50.2 Å². The molecule has 0 aromatic heterocycles. The van der Waals surface area contributed by atoms with Crippen LogP contribution < -0.4 is 4.31 Å². The van der Waals surface area contributed by atoms with Crippen molar-refractivity contribution in [1.29, 1.82) is 0 Å². The molecule has 0 heterocycles. The van der Waals surface area contributed by atoms with E-state index < -0.39 is 15.4 Å². The van der Waals surface area contributed by atoms with Crippen molar-refractivity contribution in [2.45, 2.75) is 40.0 Å². The fourth-order valence-electron chi connectivity index (χ4n) is 5.44. The highest BCUT2D eigenvalue weighted by atomic mass is 32.2. The first-order valence-electron chi connectivity index (χ1n) is 9.74. The third kappa shape index (κ3) is 2.54. The average Bonchev–Trinajstić information content (AvgIpc) is 2.96. The molecule has 0 radical (unpaired) electrons. The third-order valence-electron chi connectivity index (χ3n) is 7.23. The number of hydrogen-bond donors (Lipinski definition) is 0. The molecule has 2 atom stereocenters. The number of fused-ring (bicyclic) bond motifs is 3. The molecule has 2 bridgehead atoms. The van der Waals surface area contributed by atoms with Gasteiger partial charge in [0.25, 0.3) is 0 Å². The van der Waals surface area contributed by atoms with Crippen molar-refractivity contribution in [3.8, 4) is 0 Å². The third-order valence-corrected chi connectivity index (χ3v) is 9.21. The van der Waals surface area contributed by atoms with Crippen LogP contribution in [0.25, 0.3) is 10.8 Å². The molecule has 2 aliphatic carbocycles. The van der Waals surface area contributed by atoms with Crippen molar-refractivity contribution >= 4 is 32.3 Å². The van der Waals surface area contributed by atoms with E-state index in [9.17, 15) is 13.2 Å². The van der Waals surface area contributed by atoms with Crippen LogP contribution in [0.2, 0.25) is 0 Å². The second kappa shape index (κ2) is 6.06. The molecule has 4 rings (SSSR count). The smallest absolute Gasteiger partial charge is 0.236 e. The summed E-state index contributed by atoms with van der Waals surface area (Å²) in [5.41, 5.74) is -0.297. The number of Topliss-reactive ketones (excluding diaryl/α,β-unsaturated/α-hetero) is 1. The monoisotopic (exact) mass is 385 g/mol. The molecule has 5 heteroatoms. The van der Waals surface area contributed by atoms with Gasteiger partial charge >= 0.3 is 0 Å². The van der Waals surface area contributed by atoms with Gasteiger partial charge in [0.15, 0.2) is 0 Å². The maximum absolute atomic E-state index is 13.6. The van der Waals surface area contributed by atoms with Crippen molar-refractivity contribution in [3.05, 3.63) is 42.5 Å². The highest BCUT2D eigenvalue weighted by Gasteiger charge is 2.65. The topological polar surface area (TPSA) is 54.5 Å². The number of ketones is 1. The number of rotatable bonds is 5. The Morgan fingerprint density at radius 3 is 2.44 bits per heavy atom. The van der Waals surface area contributed by atoms with Gasteiger partial charge in [0, 0.05) is 18.4 Å². The van der Waals surface area contributed by atoms with Crippen molar-refractivity contribution in [1.82, 2.24) is 0 Å². The van der Waals surface area contributed by atoms with Gasteiger partial charge in [-0.05, 0) is 42.6 Å². The summed E-state index contributed by atoms with van der Waals surface area (Å²) in [6, 6.07) is 13.6. The zero-order valence-corrected chi connectivity index (χ0v) is 17.1. The Balaban J connectivity index is 1.77. The summed E-state index contributed by atoms with van der Waals surface area (Å²) >= 11 is 0. The first-order chi connectivity index (χ1) is 12.7. The van der Waals surface area contributed by atoms with Gasteiger partial charge in [-0.15, -0.1) is 0 Å². The number of sulfonamides is 1. The van der Waals surface area contributed by atoms with E-state index in [-0.39, 0.29) is 17.0 Å². The van der Waals surface area contributed by atoms with Gasteiger partial charge in [-0.25, -0.2) is 8.42 Å². The summed E-state index contributed by atoms with van der Waals surface area (Å²) in [6.45, 7) is 6.37. The fraction of sp³-hybridized carbons (Fsp3) is 0.500. The Hall–Kier alpha value is -1.88. The first-order valence-corrected chi connectivity index (χ1v) is 11.4. The van der Waals surface area contributed by atoms with Crippen LogP contribution in [0, 0.1) is 16.7 Å². The quantitative estimate of drug-likeness (QED) is 0.767. The first kappa shape index (κ1) is 18.5. The number of anilines is 1. The van der Waals surface area contributed by atoms with E-state index in [1.165, 1.54) is 4.31 Å². The number of nitrogens with zero attached hydrogens (tertiary/aromatic N) is 1. The van der Waals surface area contributed by atoms with Gasteiger partial charge in [-0.3, -0.25) is 9.10 Å². The van der Waals surface area contributed by atoms with E-state index >= 15 is 0 Å². The van der Waals surface area contributed by atoms with Crippen molar-refractivity contribution in [2.24, 2.45) is 16.7 Å². The molecule has 2 saturated carbocycles. The lowest BCUT2D eigenvalue weighted by atomic mass is 9.70. The number of carbonyl (C=O) groups is 1. The molecule has 0 N–H and O–H groups in total. The van der Waals surface area contributed by atoms with Crippen LogP contribution in [0.5, 0.6) is 0 Å². The Kier molecular flexibility index (Phi) is 4.15. The molecule has 0 unspecified atom stereocenters. The van der Waals surface area contributed by atoms with E-state index in [1.807, 2.05) is 49.4 Å². The van der Waals surface area contributed by atoms with E-state index in [0.29, 0.717) is 31.0 Å². The summed E-state index contributed by atoms with van der Waals surface area (Å²) in [5, 5.41) is 1.93. The van der Waals surface area contributed by atoms with E-state index in [2.05, 4.69) is 13.8 Å². The lowest BCUT2D eigenvalue weighted by Crippen LogP contribution is -2.46. The van der Waals surface area contributed by atoms with Crippen LogP contribution in [-0.2, 0) is 14.8 Å². The zero-order chi connectivity index (χ0) is 19.4. The van der Waals surface area contributed by atoms with Crippen molar-refractivity contribution in [3.63, 3.8) is 0 Å². The van der Waals surface area contributed by atoms with E-state index in [4.69, 9.17) is 0 Å². The molecular formula is C22H27NO3S. The Bertz CT molecular complexity index is 1010. The standard InChI is InChI=1S/C22H27NO3S/c1-4-23(19-11-7-9-16-8-5-6-10-18(16)19)27(25,26)15-22-13-12-17(14-20(22)24)21(22,2)3/h5-11,17H,4,12-15H2,1-3H3/t17-,22+/m0/s1. The zero-order valence-electron chi connectivity index (χ0n) is 16.2. The van der Waals surface area contributed by atoms with Crippen LogP contribution in [0.3, 0.4) is 0 Å². The number of carbonyl (C=O) groups excluding carboxylic acids is 1. The highest BCUT2D eigenvalue weighted by Crippen LogP contribution is 2.64. The minimum atomic E-state index is -3.64. The summed E-state index contributed by atoms with van der Waals surface area (Å²) < 4.78 is 28.6. The molecule has 2 aromatic rings. The molecule has 0 amide bonds. The summed E-state index contributed by atoms with van der Waals surface area (Å²) in [4.78, 5) is 12.8. The molecule has 4 nitrogen and oxygen atoms in total. The van der Waals surface area contributed by atoms with Crippen LogP contribution in [0.1, 0.15) is 40.0 Å². The van der Waals surface area contributed by atoms with Gasteiger partial charge in [-0.2, -0.15) is 0 Å². The molecule has 2 aliphatic rings. The van der Waals surface area contributed by atoms with Gasteiger partial charge in [0.2, 0.25) is 10.0 Å². The minimum absolute atomic E-state index is 0.0839. The number of benzene rings is 2. The Morgan fingerprint density at radius 1 is 1.11 bits per heavy atom. The average molecular weight is 386 g/mol. The molecule has 144 valence electrons. The van der Waals surface area contributed by atoms with Crippen LogP contribution in [0.15, 0.2) is 42.5 Å².